The lowest BCUT2D eigenvalue weighted by molar-refractivity contribution is -0.119. The largest absolute Gasteiger partial charge is 0.496 e. The summed E-state index contributed by atoms with van der Waals surface area (Å²) in [7, 11) is -2.36. The standard InChI is InChI=1S/C20H18N2O6S/c1-27-18-10-9-17(15-7-2-3-8-16(15)18)20(24)28-12-19(23)22-13-5-4-6-14(11-13)29(21,25)26/h2-11H,12H2,1H3,(H,22,23)(H2,21,25,26). The topological polar surface area (TPSA) is 125 Å². The van der Waals surface area contributed by atoms with Crippen molar-refractivity contribution in [3.63, 3.8) is 0 Å². The molecule has 0 heterocycles. The van der Waals surface area contributed by atoms with E-state index >= 15 is 0 Å². The first kappa shape index (κ1) is 20.3. The number of rotatable bonds is 6. The number of hydrogen-bond donors (Lipinski definition) is 2. The van der Waals surface area contributed by atoms with Gasteiger partial charge in [-0.1, -0.05) is 30.3 Å². The molecule has 1 amide bonds. The van der Waals surface area contributed by atoms with Crippen molar-refractivity contribution in [2.75, 3.05) is 19.0 Å². The van der Waals surface area contributed by atoms with Gasteiger partial charge in [0, 0.05) is 11.1 Å². The van der Waals surface area contributed by atoms with Crippen LogP contribution in [0.5, 0.6) is 5.75 Å². The van der Waals surface area contributed by atoms with Crippen LogP contribution in [0.2, 0.25) is 0 Å². The molecular weight excluding hydrogens is 396 g/mol. The van der Waals surface area contributed by atoms with E-state index in [1.54, 1.807) is 24.3 Å². The van der Waals surface area contributed by atoms with Gasteiger partial charge >= 0.3 is 5.97 Å². The Labute approximate surface area is 167 Å². The molecule has 0 aliphatic carbocycles. The van der Waals surface area contributed by atoms with Crippen LogP contribution in [-0.4, -0.2) is 34.0 Å². The number of anilines is 1. The fourth-order valence-electron chi connectivity index (χ4n) is 2.78. The summed E-state index contributed by atoms with van der Waals surface area (Å²) in [5.41, 5.74) is 0.512. The van der Waals surface area contributed by atoms with Gasteiger partial charge in [-0.3, -0.25) is 4.79 Å². The van der Waals surface area contributed by atoms with E-state index in [4.69, 9.17) is 14.6 Å². The number of amides is 1. The number of hydrogen-bond acceptors (Lipinski definition) is 6. The van der Waals surface area contributed by atoms with E-state index in [1.807, 2.05) is 12.1 Å². The molecule has 0 aliphatic rings. The van der Waals surface area contributed by atoms with Crippen LogP contribution >= 0.6 is 0 Å². The Morgan fingerprint density at radius 1 is 1.00 bits per heavy atom. The van der Waals surface area contributed by atoms with Crippen LogP contribution in [0.1, 0.15) is 10.4 Å². The molecule has 0 radical (unpaired) electrons. The monoisotopic (exact) mass is 414 g/mol. The summed E-state index contributed by atoms with van der Waals surface area (Å²) in [4.78, 5) is 24.4. The molecule has 0 saturated carbocycles. The molecule has 0 saturated heterocycles. The summed E-state index contributed by atoms with van der Waals surface area (Å²) in [6.45, 7) is -0.543. The van der Waals surface area contributed by atoms with Crippen molar-refractivity contribution in [3.8, 4) is 5.75 Å². The van der Waals surface area contributed by atoms with Crippen molar-refractivity contribution in [2.45, 2.75) is 4.90 Å². The normalized spacial score (nSPS) is 11.1. The fraction of sp³-hybridized carbons (Fsp3) is 0.100. The van der Waals surface area contributed by atoms with Gasteiger partial charge in [-0.2, -0.15) is 0 Å². The minimum absolute atomic E-state index is 0.142. The fourth-order valence-corrected chi connectivity index (χ4v) is 3.34. The van der Waals surface area contributed by atoms with Crippen LogP contribution in [0.4, 0.5) is 5.69 Å². The second-order valence-electron chi connectivity index (χ2n) is 6.06. The maximum atomic E-state index is 12.5. The summed E-state index contributed by atoms with van der Waals surface area (Å²) in [5.74, 6) is -0.676. The Balaban J connectivity index is 1.70. The van der Waals surface area contributed by atoms with Gasteiger partial charge in [-0.25, -0.2) is 18.4 Å². The molecule has 29 heavy (non-hydrogen) atoms. The molecular formula is C20H18N2O6S. The lowest BCUT2D eigenvalue weighted by Crippen LogP contribution is -2.21. The van der Waals surface area contributed by atoms with Crippen molar-refractivity contribution in [3.05, 3.63) is 66.2 Å². The molecule has 8 nitrogen and oxygen atoms in total. The molecule has 0 atom stereocenters. The van der Waals surface area contributed by atoms with E-state index in [2.05, 4.69) is 5.32 Å². The predicted octanol–water partition coefficient (Wildman–Crippen LogP) is 2.29. The van der Waals surface area contributed by atoms with E-state index in [9.17, 15) is 18.0 Å². The van der Waals surface area contributed by atoms with Crippen LogP contribution in [-0.2, 0) is 19.6 Å². The van der Waals surface area contributed by atoms with Gasteiger partial charge in [-0.05, 0) is 35.7 Å². The van der Waals surface area contributed by atoms with Gasteiger partial charge in [0.25, 0.3) is 5.91 Å². The third-order valence-electron chi connectivity index (χ3n) is 4.10. The molecule has 0 bridgehead atoms. The molecule has 0 spiro atoms. The number of nitrogens with one attached hydrogen (secondary N) is 1. The molecule has 150 valence electrons. The van der Waals surface area contributed by atoms with E-state index < -0.39 is 28.5 Å². The van der Waals surface area contributed by atoms with Crippen LogP contribution in [0.25, 0.3) is 10.8 Å². The summed E-state index contributed by atoms with van der Waals surface area (Å²) in [6, 6.07) is 15.8. The molecule has 3 N–H and O–H groups in total. The maximum Gasteiger partial charge on any atom is 0.339 e. The van der Waals surface area contributed by atoms with Crippen molar-refractivity contribution < 1.29 is 27.5 Å². The SMILES string of the molecule is COc1ccc(C(=O)OCC(=O)Nc2cccc(S(N)(=O)=O)c2)c2ccccc12. The van der Waals surface area contributed by atoms with Crippen LogP contribution in [0.15, 0.2) is 65.6 Å². The number of ether oxygens (including phenoxy) is 2. The summed E-state index contributed by atoms with van der Waals surface area (Å²) in [5, 5.41) is 8.91. The van der Waals surface area contributed by atoms with Crippen molar-refractivity contribution in [1.29, 1.82) is 0 Å². The molecule has 3 rings (SSSR count). The summed E-state index contributed by atoms with van der Waals surface area (Å²) >= 11 is 0. The van der Waals surface area contributed by atoms with Crippen molar-refractivity contribution in [2.24, 2.45) is 5.14 Å². The number of sulfonamides is 1. The first-order valence-electron chi connectivity index (χ1n) is 8.45. The predicted molar refractivity (Wildman–Crippen MR) is 107 cm³/mol. The third-order valence-corrected chi connectivity index (χ3v) is 5.02. The zero-order valence-corrected chi connectivity index (χ0v) is 16.2. The number of nitrogens with two attached hydrogens (primary N) is 1. The Bertz CT molecular complexity index is 1190. The highest BCUT2D eigenvalue weighted by molar-refractivity contribution is 7.89. The quantitative estimate of drug-likeness (QED) is 0.596. The van der Waals surface area contributed by atoms with Gasteiger partial charge in [0.1, 0.15) is 5.75 Å². The van der Waals surface area contributed by atoms with Gasteiger partial charge < -0.3 is 14.8 Å². The molecule has 0 aromatic heterocycles. The number of benzene rings is 3. The highest BCUT2D eigenvalue weighted by Crippen LogP contribution is 2.28. The number of fused-ring (bicyclic) bond motifs is 1. The zero-order chi connectivity index (χ0) is 21.0. The van der Waals surface area contributed by atoms with Crippen molar-refractivity contribution in [1.82, 2.24) is 0 Å². The number of methoxy groups -OCH3 is 1. The minimum atomic E-state index is -3.90. The average molecular weight is 414 g/mol. The second-order valence-corrected chi connectivity index (χ2v) is 7.62. The van der Waals surface area contributed by atoms with Crippen LogP contribution < -0.4 is 15.2 Å². The number of carbonyl (C=O) groups is 2. The molecule has 0 aliphatic heterocycles. The van der Waals surface area contributed by atoms with E-state index in [0.29, 0.717) is 16.7 Å². The summed E-state index contributed by atoms with van der Waals surface area (Å²) in [6.07, 6.45) is 0. The van der Waals surface area contributed by atoms with Gasteiger partial charge in [0.05, 0.1) is 17.6 Å². The zero-order valence-electron chi connectivity index (χ0n) is 15.4. The van der Waals surface area contributed by atoms with Crippen molar-refractivity contribution >= 4 is 38.4 Å². The molecule has 3 aromatic carbocycles. The minimum Gasteiger partial charge on any atom is -0.496 e. The Hall–Kier alpha value is -3.43. The van der Waals surface area contributed by atoms with E-state index in [1.165, 1.54) is 31.4 Å². The molecule has 0 unspecified atom stereocenters. The highest BCUT2D eigenvalue weighted by Gasteiger charge is 2.16. The smallest absolute Gasteiger partial charge is 0.339 e. The Morgan fingerprint density at radius 3 is 2.41 bits per heavy atom. The number of primary sulfonamides is 1. The Morgan fingerprint density at radius 2 is 1.72 bits per heavy atom. The average Bonchev–Trinajstić information content (AvgIpc) is 2.70. The third kappa shape index (κ3) is 4.71. The summed E-state index contributed by atoms with van der Waals surface area (Å²) < 4.78 is 33.2. The van der Waals surface area contributed by atoms with Gasteiger partial charge in [0.2, 0.25) is 10.0 Å². The maximum absolute atomic E-state index is 12.5. The number of carbonyl (C=O) groups excluding carboxylic acids is 2. The first-order valence-corrected chi connectivity index (χ1v) is 10.00. The lowest BCUT2D eigenvalue weighted by Gasteiger charge is -2.11. The van der Waals surface area contributed by atoms with Crippen LogP contribution in [0, 0.1) is 0 Å². The lowest BCUT2D eigenvalue weighted by atomic mass is 10.0. The first-order chi connectivity index (χ1) is 13.8. The Kier molecular flexibility index (Phi) is 5.81. The number of esters is 1. The van der Waals surface area contributed by atoms with E-state index in [-0.39, 0.29) is 10.6 Å². The second kappa shape index (κ2) is 8.29. The van der Waals surface area contributed by atoms with Crippen LogP contribution in [0.3, 0.4) is 0 Å². The molecule has 3 aromatic rings. The van der Waals surface area contributed by atoms with E-state index in [0.717, 1.165) is 5.39 Å². The molecule has 0 fully saturated rings. The molecule has 9 heteroatoms. The highest BCUT2D eigenvalue weighted by atomic mass is 32.2. The van der Waals surface area contributed by atoms with Gasteiger partial charge in [0.15, 0.2) is 6.61 Å². The van der Waals surface area contributed by atoms with Gasteiger partial charge in [-0.15, -0.1) is 0 Å².